The molecule has 0 aliphatic rings. The number of hydrogen-bond donors (Lipinski definition) is 1. The first-order valence-electron chi connectivity index (χ1n) is 6.28. The lowest BCUT2D eigenvalue weighted by Crippen LogP contribution is -2.25. The van der Waals surface area contributed by atoms with Crippen LogP contribution < -0.4 is 10.1 Å². The van der Waals surface area contributed by atoms with Crippen LogP contribution in [0.4, 0.5) is 5.82 Å². The fourth-order valence-corrected chi connectivity index (χ4v) is 1.88. The number of alkyl halides is 1. The number of benzene rings is 1. The second-order valence-corrected chi connectivity index (χ2v) is 5.67. The molecule has 0 aliphatic carbocycles. The third-order valence-corrected chi connectivity index (χ3v) is 3.79. The van der Waals surface area contributed by atoms with Crippen LogP contribution in [0.1, 0.15) is 13.8 Å². The van der Waals surface area contributed by atoms with Crippen LogP contribution in [-0.2, 0) is 0 Å². The quantitative estimate of drug-likeness (QED) is 0.842. The van der Waals surface area contributed by atoms with E-state index >= 15 is 0 Å². The molecule has 1 heterocycles. The van der Waals surface area contributed by atoms with Gasteiger partial charge in [0.1, 0.15) is 11.6 Å². The summed E-state index contributed by atoms with van der Waals surface area (Å²) in [7, 11) is 1.67. The Morgan fingerprint density at radius 2 is 2.11 bits per heavy atom. The van der Waals surface area contributed by atoms with Gasteiger partial charge in [0.2, 0.25) is 0 Å². The molecule has 0 saturated heterocycles. The molecular weight excluding hydrogens is 260 g/mol. The van der Waals surface area contributed by atoms with E-state index in [4.69, 9.17) is 16.3 Å². The van der Waals surface area contributed by atoms with E-state index in [0.717, 1.165) is 28.9 Å². The molecule has 0 bridgehead atoms. The summed E-state index contributed by atoms with van der Waals surface area (Å²) in [6.45, 7) is 5.03. The van der Waals surface area contributed by atoms with Crippen molar-refractivity contribution in [3.05, 3.63) is 30.5 Å². The minimum absolute atomic E-state index is 0.0320. The Bertz CT molecular complexity index is 569. The first kappa shape index (κ1) is 13.9. The summed E-state index contributed by atoms with van der Waals surface area (Å²) in [5, 5.41) is 5.58. The van der Waals surface area contributed by atoms with Gasteiger partial charge in [-0.3, -0.25) is 0 Å². The Kier molecular flexibility index (Phi) is 4.15. The molecule has 2 rings (SSSR count). The van der Waals surface area contributed by atoms with Crippen LogP contribution in [-0.4, -0.2) is 24.5 Å². The van der Waals surface area contributed by atoms with Crippen LogP contribution in [0.2, 0.25) is 0 Å². The summed E-state index contributed by atoms with van der Waals surface area (Å²) in [6, 6.07) is 7.98. The number of methoxy groups -OCH3 is 1. The summed E-state index contributed by atoms with van der Waals surface area (Å²) >= 11 is 5.94. The van der Waals surface area contributed by atoms with Crippen molar-refractivity contribution in [2.45, 2.75) is 13.8 Å². The maximum absolute atomic E-state index is 5.94. The van der Waals surface area contributed by atoms with Crippen LogP contribution in [0.3, 0.4) is 0 Å². The number of rotatable bonds is 5. The molecule has 0 fully saturated rings. The highest BCUT2D eigenvalue weighted by atomic mass is 35.5. The van der Waals surface area contributed by atoms with Gasteiger partial charge >= 0.3 is 0 Å². The molecule has 0 aliphatic heterocycles. The van der Waals surface area contributed by atoms with Crippen molar-refractivity contribution < 1.29 is 4.74 Å². The highest BCUT2D eigenvalue weighted by Crippen LogP contribution is 2.27. The Hall–Kier alpha value is -1.48. The lowest BCUT2D eigenvalue weighted by molar-refractivity contribution is 0.415. The number of fused-ring (bicyclic) bond motifs is 1. The Labute approximate surface area is 118 Å². The van der Waals surface area contributed by atoms with Crippen molar-refractivity contribution in [3.8, 4) is 5.75 Å². The molecule has 0 radical (unpaired) electrons. The van der Waals surface area contributed by atoms with Gasteiger partial charge in [-0.15, -0.1) is 11.6 Å². The third-order valence-electron chi connectivity index (χ3n) is 3.07. The fraction of sp³-hybridized carbons (Fsp3) is 0.400. The molecule has 4 heteroatoms. The fourth-order valence-electron chi connectivity index (χ4n) is 1.79. The second-order valence-electron chi connectivity index (χ2n) is 5.40. The van der Waals surface area contributed by atoms with Crippen LogP contribution in [0, 0.1) is 5.41 Å². The summed E-state index contributed by atoms with van der Waals surface area (Å²) in [4.78, 5) is 4.41. The molecular formula is C15H19ClN2O. The highest BCUT2D eigenvalue weighted by Gasteiger charge is 2.16. The zero-order chi connectivity index (χ0) is 13.9. The number of pyridine rings is 1. The molecule has 2 aromatic rings. The molecule has 3 nitrogen and oxygen atoms in total. The lowest BCUT2D eigenvalue weighted by atomic mass is 9.96. The van der Waals surface area contributed by atoms with E-state index in [9.17, 15) is 0 Å². The van der Waals surface area contributed by atoms with E-state index in [1.54, 1.807) is 7.11 Å². The number of nitrogens with zero attached hydrogens (tertiary/aromatic N) is 1. The average Bonchev–Trinajstić information content (AvgIpc) is 2.44. The van der Waals surface area contributed by atoms with Crippen molar-refractivity contribution in [1.82, 2.24) is 4.98 Å². The largest absolute Gasteiger partial charge is 0.497 e. The first-order valence-corrected chi connectivity index (χ1v) is 6.82. The first-order chi connectivity index (χ1) is 9.05. The lowest BCUT2D eigenvalue weighted by Gasteiger charge is -2.22. The van der Waals surface area contributed by atoms with Gasteiger partial charge in [0.05, 0.1) is 7.11 Å². The van der Waals surface area contributed by atoms with Gasteiger partial charge in [-0.25, -0.2) is 4.98 Å². The van der Waals surface area contributed by atoms with Crippen molar-refractivity contribution >= 4 is 28.2 Å². The van der Waals surface area contributed by atoms with Crippen LogP contribution in [0.5, 0.6) is 5.75 Å². The van der Waals surface area contributed by atoms with Gasteiger partial charge in [-0.1, -0.05) is 19.9 Å². The summed E-state index contributed by atoms with van der Waals surface area (Å²) < 4.78 is 5.27. The van der Waals surface area contributed by atoms with E-state index in [1.807, 2.05) is 30.5 Å². The van der Waals surface area contributed by atoms with E-state index in [-0.39, 0.29) is 5.41 Å². The second kappa shape index (κ2) is 5.66. The van der Waals surface area contributed by atoms with E-state index in [0.29, 0.717) is 5.88 Å². The summed E-state index contributed by atoms with van der Waals surface area (Å²) in [6.07, 6.45) is 1.81. The molecule has 0 saturated carbocycles. The predicted molar refractivity (Wildman–Crippen MR) is 81.3 cm³/mol. The standard InChI is InChI=1S/C15H19ClN2O/c1-15(2,9-16)10-18-14-13-8-12(19-3)5-4-11(13)6-7-17-14/h4-8H,9-10H2,1-3H3,(H,17,18). The Morgan fingerprint density at radius 3 is 2.79 bits per heavy atom. The Morgan fingerprint density at radius 1 is 1.32 bits per heavy atom. The zero-order valence-corrected chi connectivity index (χ0v) is 12.3. The van der Waals surface area contributed by atoms with Gasteiger partial charge in [-0.2, -0.15) is 0 Å². The number of ether oxygens (including phenoxy) is 1. The molecule has 0 unspecified atom stereocenters. The van der Waals surface area contributed by atoms with E-state index in [2.05, 4.69) is 24.1 Å². The third kappa shape index (κ3) is 3.29. The van der Waals surface area contributed by atoms with Crippen molar-refractivity contribution in [1.29, 1.82) is 0 Å². The van der Waals surface area contributed by atoms with Crippen LogP contribution in [0.15, 0.2) is 30.5 Å². The minimum atomic E-state index is 0.0320. The van der Waals surface area contributed by atoms with Gasteiger partial charge in [0.25, 0.3) is 0 Å². The zero-order valence-electron chi connectivity index (χ0n) is 11.5. The van der Waals surface area contributed by atoms with Crippen LogP contribution in [0.25, 0.3) is 10.8 Å². The molecule has 0 spiro atoms. The SMILES string of the molecule is COc1ccc2ccnc(NCC(C)(C)CCl)c2c1. The van der Waals surface area contributed by atoms with Gasteiger partial charge in [0.15, 0.2) is 0 Å². The average molecular weight is 279 g/mol. The number of hydrogen-bond acceptors (Lipinski definition) is 3. The van der Waals surface area contributed by atoms with E-state index in [1.165, 1.54) is 0 Å². The molecule has 102 valence electrons. The number of aromatic nitrogens is 1. The summed E-state index contributed by atoms with van der Waals surface area (Å²) in [5.41, 5.74) is 0.0320. The maximum Gasteiger partial charge on any atom is 0.133 e. The molecule has 1 N–H and O–H groups in total. The summed E-state index contributed by atoms with van der Waals surface area (Å²) in [5.74, 6) is 2.31. The topological polar surface area (TPSA) is 34.1 Å². The van der Waals surface area contributed by atoms with E-state index < -0.39 is 0 Å². The van der Waals surface area contributed by atoms with Gasteiger partial charge in [0, 0.05) is 24.0 Å². The van der Waals surface area contributed by atoms with Crippen molar-refractivity contribution in [2.24, 2.45) is 5.41 Å². The molecule has 0 atom stereocenters. The predicted octanol–water partition coefficient (Wildman–Crippen LogP) is 3.92. The van der Waals surface area contributed by atoms with Crippen molar-refractivity contribution in [3.63, 3.8) is 0 Å². The number of halogens is 1. The van der Waals surface area contributed by atoms with Gasteiger partial charge in [-0.05, 0) is 29.0 Å². The number of anilines is 1. The van der Waals surface area contributed by atoms with Crippen molar-refractivity contribution in [2.75, 3.05) is 24.9 Å². The maximum atomic E-state index is 5.94. The van der Waals surface area contributed by atoms with Gasteiger partial charge < -0.3 is 10.1 Å². The monoisotopic (exact) mass is 278 g/mol. The minimum Gasteiger partial charge on any atom is -0.497 e. The Balaban J connectivity index is 2.32. The smallest absolute Gasteiger partial charge is 0.133 e. The molecule has 1 aromatic heterocycles. The molecule has 1 aromatic carbocycles. The molecule has 19 heavy (non-hydrogen) atoms. The van der Waals surface area contributed by atoms with Crippen LogP contribution >= 0.6 is 11.6 Å². The normalized spacial score (nSPS) is 11.6. The number of nitrogens with one attached hydrogen (secondary N) is 1. The molecule has 0 amide bonds. The highest BCUT2D eigenvalue weighted by molar-refractivity contribution is 6.18.